The zero-order valence-electron chi connectivity index (χ0n) is 4.09. The molecule has 0 N–H and O–H groups in total. The second kappa shape index (κ2) is 1.69. The van der Waals surface area contributed by atoms with Crippen molar-refractivity contribution < 1.29 is 14.3 Å². The molecule has 0 bridgehead atoms. The number of ether oxygens (including phenoxy) is 2. The second-order valence-corrected chi connectivity index (χ2v) is 1.18. The molecule has 1 rings (SSSR count). The average Bonchev–Trinajstić information content (AvgIpc) is 2.50. The molecule has 42 valence electrons. The number of hydrogen-bond donors (Lipinski definition) is 0. The standard InChI is InChI=1S/C5H4O3/c1-2-4(6)8-5-3-7-5/h2-3H,1H2. The largest absolute Gasteiger partial charge is 0.424 e. The van der Waals surface area contributed by atoms with Crippen molar-refractivity contribution in [2.45, 2.75) is 0 Å². The molecule has 0 aliphatic carbocycles. The van der Waals surface area contributed by atoms with Crippen LogP contribution in [0, 0.1) is 0 Å². The van der Waals surface area contributed by atoms with Gasteiger partial charge < -0.3 is 9.47 Å². The molecule has 0 fully saturated rings. The first-order chi connectivity index (χ1) is 3.83. The Kier molecular flexibility index (Phi) is 1.04. The Balaban J connectivity index is 2.27. The Morgan fingerprint density at radius 3 is 3.00 bits per heavy atom. The fourth-order valence-corrected chi connectivity index (χ4v) is 0.213. The van der Waals surface area contributed by atoms with E-state index >= 15 is 0 Å². The maximum Gasteiger partial charge on any atom is 0.338 e. The van der Waals surface area contributed by atoms with E-state index in [0.29, 0.717) is 0 Å². The molecule has 0 saturated heterocycles. The van der Waals surface area contributed by atoms with Gasteiger partial charge in [-0.3, -0.25) is 0 Å². The maximum absolute atomic E-state index is 10.2. The molecule has 0 aromatic carbocycles. The van der Waals surface area contributed by atoms with E-state index in [0.717, 1.165) is 6.08 Å². The minimum Gasteiger partial charge on any atom is -0.424 e. The highest BCUT2D eigenvalue weighted by Gasteiger charge is 2.13. The van der Waals surface area contributed by atoms with Crippen LogP contribution < -0.4 is 0 Å². The molecular weight excluding hydrogens is 108 g/mol. The summed E-state index contributed by atoms with van der Waals surface area (Å²) in [5.74, 6) is -0.233. The molecule has 8 heavy (non-hydrogen) atoms. The van der Waals surface area contributed by atoms with Gasteiger partial charge in [0.2, 0.25) is 0 Å². The van der Waals surface area contributed by atoms with Gasteiger partial charge in [0.15, 0.2) is 6.26 Å². The van der Waals surface area contributed by atoms with Crippen LogP contribution >= 0.6 is 0 Å². The molecule has 0 amide bonds. The Morgan fingerprint density at radius 2 is 2.62 bits per heavy atom. The summed E-state index contributed by atoms with van der Waals surface area (Å²) in [6.07, 6.45) is 2.41. The molecule has 0 spiro atoms. The fraction of sp³-hybridized carbons (Fsp3) is 0. The normalized spacial score (nSPS) is 13.2. The third-order valence-corrected chi connectivity index (χ3v) is 0.582. The monoisotopic (exact) mass is 112 g/mol. The molecule has 0 aromatic heterocycles. The van der Waals surface area contributed by atoms with E-state index in [9.17, 15) is 4.79 Å². The molecule has 3 heteroatoms. The zero-order valence-corrected chi connectivity index (χ0v) is 4.09. The number of rotatable bonds is 2. The van der Waals surface area contributed by atoms with Crippen molar-refractivity contribution in [3.63, 3.8) is 0 Å². The lowest BCUT2D eigenvalue weighted by Gasteiger charge is -1.86. The van der Waals surface area contributed by atoms with Gasteiger partial charge in [-0.15, -0.1) is 0 Å². The summed E-state index contributed by atoms with van der Waals surface area (Å²) in [6.45, 7) is 3.18. The quantitative estimate of drug-likeness (QED) is 0.386. The predicted molar refractivity (Wildman–Crippen MR) is 25.5 cm³/mol. The molecule has 0 saturated carbocycles. The first-order valence-corrected chi connectivity index (χ1v) is 2.04. The second-order valence-electron chi connectivity index (χ2n) is 1.18. The third-order valence-electron chi connectivity index (χ3n) is 0.582. The molecule has 0 atom stereocenters. The topological polar surface area (TPSA) is 38.8 Å². The number of carbonyl (C=O) groups is 1. The number of carbonyl (C=O) groups excluding carboxylic acids is 1. The average molecular weight is 112 g/mol. The number of hydrogen-bond acceptors (Lipinski definition) is 3. The van der Waals surface area contributed by atoms with Gasteiger partial charge in [0.05, 0.1) is 0 Å². The Labute approximate surface area is 46.2 Å². The highest BCUT2D eigenvalue weighted by molar-refractivity contribution is 5.82. The van der Waals surface area contributed by atoms with E-state index in [1.165, 1.54) is 6.26 Å². The molecule has 0 aromatic rings. The van der Waals surface area contributed by atoms with Crippen LogP contribution in [-0.4, -0.2) is 5.97 Å². The lowest BCUT2D eigenvalue weighted by atomic mass is 10.7. The maximum atomic E-state index is 10.2. The summed E-state index contributed by atoms with van der Waals surface area (Å²) in [5.41, 5.74) is 0. The van der Waals surface area contributed by atoms with Gasteiger partial charge in [-0.2, -0.15) is 0 Å². The SMILES string of the molecule is C=CC(=O)OC1=CO1. The van der Waals surface area contributed by atoms with Crippen LogP contribution in [0.15, 0.2) is 24.9 Å². The van der Waals surface area contributed by atoms with Crippen molar-refractivity contribution in [1.29, 1.82) is 0 Å². The summed E-state index contributed by atoms with van der Waals surface area (Å²) in [4.78, 5) is 10.2. The van der Waals surface area contributed by atoms with Crippen LogP contribution in [-0.2, 0) is 14.3 Å². The van der Waals surface area contributed by atoms with Gasteiger partial charge in [0, 0.05) is 6.08 Å². The van der Waals surface area contributed by atoms with E-state index in [1.807, 2.05) is 0 Å². The molecule has 3 nitrogen and oxygen atoms in total. The molecular formula is C5H4O3. The molecule has 0 unspecified atom stereocenters. The molecule has 0 radical (unpaired) electrons. The van der Waals surface area contributed by atoms with Gasteiger partial charge >= 0.3 is 11.9 Å². The van der Waals surface area contributed by atoms with Crippen molar-refractivity contribution in [3.8, 4) is 0 Å². The third kappa shape index (κ3) is 1.11. The van der Waals surface area contributed by atoms with Crippen LogP contribution in [0.5, 0.6) is 0 Å². The molecule has 1 heterocycles. The first kappa shape index (κ1) is 4.90. The fourth-order valence-electron chi connectivity index (χ4n) is 0.213. The summed E-state index contributed by atoms with van der Waals surface area (Å²) in [7, 11) is 0. The first-order valence-electron chi connectivity index (χ1n) is 2.04. The lowest BCUT2D eigenvalue weighted by molar-refractivity contribution is -0.135. The Hall–Kier alpha value is -1.25. The van der Waals surface area contributed by atoms with Crippen molar-refractivity contribution in [3.05, 3.63) is 24.9 Å². The van der Waals surface area contributed by atoms with E-state index in [4.69, 9.17) is 0 Å². The van der Waals surface area contributed by atoms with Crippen LogP contribution in [0.4, 0.5) is 0 Å². The Morgan fingerprint density at radius 1 is 2.00 bits per heavy atom. The van der Waals surface area contributed by atoms with Gasteiger partial charge in [-0.1, -0.05) is 6.58 Å². The van der Waals surface area contributed by atoms with Gasteiger partial charge in [-0.25, -0.2) is 4.79 Å². The number of esters is 1. The zero-order chi connectivity index (χ0) is 5.98. The van der Waals surface area contributed by atoms with Gasteiger partial charge in [-0.05, 0) is 0 Å². The van der Waals surface area contributed by atoms with E-state index in [-0.39, 0.29) is 5.95 Å². The van der Waals surface area contributed by atoms with E-state index in [1.54, 1.807) is 0 Å². The van der Waals surface area contributed by atoms with Gasteiger partial charge in [0.1, 0.15) is 0 Å². The highest BCUT2D eigenvalue weighted by Crippen LogP contribution is 2.13. The smallest absolute Gasteiger partial charge is 0.338 e. The van der Waals surface area contributed by atoms with Crippen molar-refractivity contribution in [2.24, 2.45) is 0 Å². The van der Waals surface area contributed by atoms with E-state index in [2.05, 4.69) is 16.1 Å². The van der Waals surface area contributed by atoms with Crippen LogP contribution in [0.25, 0.3) is 0 Å². The Bertz CT molecular complexity index is 157. The minimum atomic E-state index is -0.492. The van der Waals surface area contributed by atoms with Gasteiger partial charge in [0.25, 0.3) is 0 Å². The van der Waals surface area contributed by atoms with Crippen LogP contribution in [0.2, 0.25) is 0 Å². The molecule has 1 aliphatic heterocycles. The van der Waals surface area contributed by atoms with Crippen molar-refractivity contribution >= 4 is 5.97 Å². The lowest BCUT2D eigenvalue weighted by Crippen LogP contribution is -1.93. The summed E-state index contributed by atoms with van der Waals surface area (Å²) in [5, 5.41) is 0. The summed E-state index contributed by atoms with van der Waals surface area (Å²) in [6, 6.07) is 0. The minimum absolute atomic E-state index is 0.259. The summed E-state index contributed by atoms with van der Waals surface area (Å²) >= 11 is 0. The van der Waals surface area contributed by atoms with Crippen LogP contribution in [0.3, 0.4) is 0 Å². The van der Waals surface area contributed by atoms with E-state index < -0.39 is 5.97 Å². The van der Waals surface area contributed by atoms with Crippen molar-refractivity contribution in [1.82, 2.24) is 0 Å². The predicted octanol–water partition coefficient (Wildman–Crippen LogP) is 0.545. The van der Waals surface area contributed by atoms with Crippen LogP contribution in [0.1, 0.15) is 0 Å². The highest BCUT2D eigenvalue weighted by atomic mass is 16.7. The summed E-state index contributed by atoms with van der Waals surface area (Å²) < 4.78 is 8.77. The van der Waals surface area contributed by atoms with Crippen molar-refractivity contribution in [2.75, 3.05) is 0 Å². The molecule has 1 aliphatic rings.